The Balaban J connectivity index is 2.26. The lowest BCUT2D eigenvalue weighted by atomic mass is 9.89. The van der Waals surface area contributed by atoms with Gasteiger partial charge in [0.15, 0.2) is 8.24 Å². The summed E-state index contributed by atoms with van der Waals surface area (Å²) in [7, 11) is 2.78. The topological polar surface area (TPSA) is 8.17 Å². The summed E-state index contributed by atoms with van der Waals surface area (Å²) in [5, 5.41) is 1.85. The standard InChI is InChI=1S/C19H29BrN2Si/c1-19(2,3)23(6,7)22-12-14-10-16(21(4)5)9-13-8-15(20)11-17(22)18(13)14/h8,11-12,16H,9-10H2,1-7H3. The van der Waals surface area contributed by atoms with Gasteiger partial charge in [-0.05, 0) is 61.4 Å². The maximum absolute atomic E-state index is 3.75. The van der Waals surface area contributed by atoms with E-state index in [1.54, 1.807) is 0 Å². The first kappa shape index (κ1) is 17.2. The summed E-state index contributed by atoms with van der Waals surface area (Å²) in [5.41, 5.74) is 4.48. The van der Waals surface area contributed by atoms with E-state index in [0.29, 0.717) is 11.1 Å². The van der Waals surface area contributed by atoms with Gasteiger partial charge in [0, 0.05) is 21.4 Å². The van der Waals surface area contributed by atoms with Crippen LogP contribution in [0.25, 0.3) is 10.9 Å². The molecule has 0 bridgehead atoms. The van der Waals surface area contributed by atoms with Gasteiger partial charge in [-0.1, -0.05) is 49.8 Å². The Morgan fingerprint density at radius 3 is 2.30 bits per heavy atom. The molecule has 0 saturated heterocycles. The first-order valence-electron chi connectivity index (χ1n) is 8.51. The first-order chi connectivity index (χ1) is 10.5. The molecule has 0 saturated carbocycles. The van der Waals surface area contributed by atoms with Gasteiger partial charge < -0.3 is 9.13 Å². The number of hydrogen-bond donors (Lipinski definition) is 0. The van der Waals surface area contributed by atoms with Crippen molar-refractivity contribution in [3.05, 3.63) is 33.9 Å². The molecule has 2 aromatic rings. The first-order valence-corrected chi connectivity index (χ1v) is 12.3. The lowest BCUT2D eigenvalue weighted by Crippen LogP contribution is -2.44. The van der Waals surface area contributed by atoms with Crippen LogP contribution in [0.1, 0.15) is 31.9 Å². The minimum Gasteiger partial charge on any atom is -0.374 e. The second-order valence-corrected chi connectivity index (χ2v) is 14.8. The van der Waals surface area contributed by atoms with Crippen molar-refractivity contribution in [3.8, 4) is 0 Å². The molecule has 0 aliphatic heterocycles. The number of halogens is 1. The molecule has 0 radical (unpaired) electrons. The smallest absolute Gasteiger partial charge is 0.161 e. The van der Waals surface area contributed by atoms with Crippen LogP contribution in [0.15, 0.2) is 22.8 Å². The monoisotopic (exact) mass is 392 g/mol. The van der Waals surface area contributed by atoms with Crippen molar-refractivity contribution in [1.82, 2.24) is 9.13 Å². The molecule has 1 unspecified atom stereocenters. The fraction of sp³-hybridized carbons (Fsp3) is 0.579. The average Bonchev–Trinajstić information content (AvgIpc) is 2.77. The zero-order chi connectivity index (χ0) is 17.2. The summed E-state index contributed by atoms with van der Waals surface area (Å²) in [6.45, 7) is 12.2. The lowest BCUT2D eigenvalue weighted by Gasteiger charge is -2.38. The third-order valence-electron chi connectivity index (χ3n) is 6.11. The van der Waals surface area contributed by atoms with Crippen molar-refractivity contribution < 1.29 is 0 Å². The predicted octanol–water partition coefficient (Wildman–Crippen LogP) is 5.29. The predicted molar refractivity (Wildman–Crippen MR) is 107 cm³/mol. The molecule has 3 rings (SSSR count). The Morgan fingerprint density at radius 2 is 1.74 bits per heavy atom. The Morgan fingerprint density at radius 1 is 1.13 bits per heavy atom. The van der Waals surface area contributed by atoms with Crippen LogP contribution >= 0.6 is 15.9 Å². The highest BCUT2D eigenvalue weighted by atomic mass is 79.9. The summed E-state index contributed by atoms with van der Waals surface area (Å²) in [5.74, 6) is 0. The molecule has 4 heteroatoms. The van der Waals surface area contributed by atoms with Gasteiger partial charge in [-0.15, -0.1) is 0 Å². The third-order valence-corrected chi connectivity index (χ3v) is 11.8. The number of rotatable bonds is 2. The highest BCUT2D eigenvalue weighted by Crippen LogP contribution is 2.42. The molecule has 2 nitrogen and oxygen atoms in total. The van der Waals surface area contributed by atoms with Gasteiger partial charge in [0.25, 0.3) is 0 Å². The average molecular weight is 393 g/mol. The molecule has 0 N–H and O–H groups in total. The number of aromatic nitrogens is 1. The maximum Gasteiger partial charge on any atom is 0.161 e. The molecule has 23 heavy (non-hydrogen) atoms. The third kappa shape index (κ3) is 2.73. The number of benzene rings is 1. The van der Waals surface area contributed by atoms with Gasteiger partial charge >= 0.3 is 0 Å². The van der Waals surface area contributed by atoms with E-state index in [-0.39, 0.29) is 0 Å². The van der Waals surface area contributed by atoms with Crippen LogP contribution in [0.2, 0.25) is 18.1 Å². The molecule has 126 valence electrons. The summed E-state index contributed by atoms with van der Waals surface area (Å²) >= 11 is 3.75. The van der Waals surface area contributed by atoms with Crippen LogP contribution in [0.4, 0.5) is 0 Å². The minimum atomic E-state index is -1.63. The number of nitrogens with zero attached hydrogens (tertiary/aromatic N) is 2. The lowest BCUT2D eigenvalue weighted by molar-refractivity contribution is 0.287. The van der Waals surface area contributed by atoms with Crippen LogP contribution in [0, 0.1) is 0 Å². The van der Waals surface area contributed by atoms with Crippen LogP contribution in [-0.4, -0.2) is 37.5 Å². The second-order valence-electron chi connectivity index (χ2n) is 8.82. The Kier molecular flexibility index (Phi) is 4.10. The zero-order valence-corrected chi connectivity index (χ0v) is 18.1. The van der Waals surface area contributed by atoms with Crippen LogP contribution in [0.3, 0.4) is 0 Å². The van der Waals surface area contributed by atoms with Gasteiger partial charge in [0.2, 0.25) is 0 Å². The van der Waals surface area contributed by atoms with Gasteiger partial charge in [-0.3, -0.25) is 0 Å². The summed E-state index contributed by atoms with van der Waals surface area (Å²) in [4.78, 5) is 2.37. The fourth-order valence-corrected chi connectivity index (χ4v) is 6.06. The molecule has 1 aromatic heterocycles. The highest BCUT2D eigenvalue weighted by Gasteiger charge is 2.39. The van der Waals surface area contributed by atoms with Crippen LogP contribution in [0.5, 0.6) is 0 Å². The second kappa shape index (κ2) is 5.47. The minimum absolute atomic E-state index is 0.327. The van der Waals surface area contributed by atoms with E-state index >= 15 is 0 Å². The highest BCUT2D eigenvalue weighted by molar-refractivity contribution is 9.10. The quantitative estimate of drug-likeness (QED) is 0.630. The molecule has 0 spiro atoms. The SMILES string of the molecule is CN(C)C1Cc2cc(Br)cc3c2c(cn3[Si](C)(C)C(C)(C)C)C1. The van der Waals surface area contributed by atoms with E-state index in [1.807, 2.05) is 0 Å². The van der Waals surface area contributed by atoms with E-state index in [9.17, 15) is 0 Å². The van der Waals surface area contributed by atoms with Crippen molar-refractivity contribution in [2.75, 3.05) is 14.1 Å². The molecule has 1 aromatic carbocycles. The van der Waals surface area contributed by atoms with E-state index < -0.39 is 8.24 Å². The van der Waals surface area contributed by atoms with E-state index in [1.165, 1.54) is 32.9 Å². The largest absolute Gasteiger partial charge is 0.374 e. The zero-order valence-electron chi connectivity index (χ0n) is 15.5. The van der Waals surface area contributed by atoms with Crippen LogP contribution in [-0.2, 0) is 12.8 Å². The normalized spacial score (nSPS) is 18.9. The molecule has 1 aliphatic rings. The molecule has 0 amide bonds. The summed E-state index contributed by atoms with van der Waals surface area (Å²) < 4.78 is 3.87. The number of hydrogen-bond acceptors (Lipinski definition) is 1. The van der Waals surface area contributed by atoms with Gasteiger partial charge in [0.05, 0.1) is 0 Å². The van der Waals surface area contributed by atoms with E-state index in [0.717, 1.165) is 6.42 Å². The number of likely N-dealkylation sites (N-methyl/N-ethyl adjacent to an activating group) is 1. The van der Waals surface area contributed by atoms with E-state index in [2.05, 4.69) is 91.4 Å². The Hall–Kier alpha value is -0.583. The van der Waals surface area contributed by atoms with Gasteiger partial charge in [-0.25, -0.2) is 0 Å². The van der Waals surface area contributed by atoms with Gasteiger partial charge in [-0.2, -0.15) is 0 Å². The fourth-order valence-electron chi connectivity index (χ4n) is 3.58. The molecule has 1 atom stereocenters. The molecule has 1 aliphatic carbocycles. The van der Waals surface area contributed by atoms with Gasteiger partial charge in [0.1, 0.15) is 0 Å². The van der Waals surface area contributed by atoms with E-state index in [4.69, 9.17) is 0 Å². The molecular weight excluding hydrogens is 364 g/mol. The van der Waals surface area contributed by atoms with Crippen molar-refractivity contribution in [2.24, 2.45) is 0 Å². The summed E-state index contributed by atoms with van der Waals surface area (Å²) in [6.07, 6.45) is 4.80. The Labute approximate surface area is 150 Å². The van der Waals surface area contributed by atoms with Crippen LogP contribution < -0.4 is 0 Å². The van der Waals surface area contributed by atoms with Crippen molar-refractivity contribution in [2.45, 2.75) is 57.8 Å². The molecule has 1 heterocycles. The maximum atomic E-state index is 3.75. The molecule has 0 fully saturated rings. The Bertz CT molecular complexity index is 753. The van der Waals surface area contributed by atoms with Crippen molar-refractivity contribution in [1.29, 1.82) is 0 Å². The van der Waals surface area contributed by atoms with Crippen molar-refractivity contribution >= 4 is 35.1 Å². The van der Waals surface area contributed by atoms with Crippen molar-refractivity contribution in [3.63, 3.8) is 0 Å². The summed E-state index contributed by atoms with van der Waals surface area (Å²) in [6, 6.07) is 5.27. The molecular formula is C19H29BrN2Si.